The molecule has 8 nitrogen and oxygen atoms in total. The van der Waals surface area contributed by atoms with Gasteiger partial charge in [-0.05, 0) is 43.3 Å². The van der Waals surface area contributed by atoms with Gasteiger partial charge in [0.15, 0.2) is 5.69 Å². The Morgan fingerprint density at radius 1 is 1.32 bits per heavy atom. The zero-order chi connectivity index (χ0) is 17.1. The Balaban J connectivity index is 1.36. The molecule has 2 aliphatic heterocycles. The van der Waals surface area contributed by atoms with Crippen molar-refractivity contribution in [1.82, 2.24) is 24.5 Å². The molecule has 1 amide bonds. The number of ether oxygens (including phenoxy) is 1. The molecule has 2 aliphatic rings. The van der Waals surface area contributed by atoms with Crippen molar-refractivity contribution in [3.8, 4) is 0 Å². The normalized spacial score (nSPS) is 22.7. The Hall–Kier alpha value is -2.13. The summed E-state index contributed by atoms with van der Waals surface area (Å²) < 4.78 is 9.92. The first-order valence-corrected chi connectivity index (χ1v) is 9.32. The van der Waals surface area contributed by atoms with Gasteiger partial charge in [0, 0.05) is 43.5 Å². The van der Waals surface area contributed by atoms with Crippen LogP contribution in [0.1, 0.15) is 36.2 Å². The predicted octanol–water partition coefficient (Wildman–Crippen LogP) is 1.59. The molecule has 1 atom stereocenters. The van der Waals surface area contributed by atoms with Crippen LogP contribution in [0, 0.1) is 0 Å². The average Bonchev–Trinajstić information content (AvgIpc) is 3.18. The van der Waals surface area contributed by atoms with E-state index in [4.69, 9.17) is 4.74 Å². The SMILES string of the molecule is O=C(c1csnn1)N1CCC2(CC1)CC(Nc1ncccn1)CCO2. The molecular weight excluding hydrogens is 340 g/mol. The maximum Gasteiger partial charge on any atom is 0.275 e. The van der Waals surface area contributed by atoms with Crippen molar-refractivity contribution in [2.45, 2.75) is 37.3 Å². The van der Waals surface area contributed by atoms with Gasteiger partial charge < -0.3 is 15.0 Å². The number of hydrogen-bond acceptors (Lipinski definition) is 8. The zero-order valence-electron chi connectivity index (χ0n) is 13.8. The van der Waals surface area contributed by atoms with Crippen molar-refractivity contribution >= 4 is 23.4 Å². The Kier molecular flexibility index (Phi) is 4.58. The van der Waals surface area contributed by atoms with E-state index in [1.165, 1.54) is 11.5 Å². The van der Waals surface area contributed by atoms with E-state index in [1.54, 1.807) is 23.8 Å². The number of amides is 1. The van der Waals surface area contributed by atoms with Crippen LogP contribution in [0.2, 0.25) is 0 Å². The molecule has 4 heterocycles. The summed E-state index contributed by atoms with van der Waals surface area (Å²) in [5, 5.41) is 8.98. The molecule has 0 aliphatic carbocycles. The van der Waals surface area contributed by atoms with Gasteiger partial charge in [-0.25, -0.2) is 9.97 Å². The van der Waals surface area contributed by atoms with Gasteiger partial charge in [0.25, 0.3) is 5.91 Å². The first-order valence-electron chi connectivity index (χ1n) is 8.48. The molecule has 2 saturated heterocycles. The Morgan fingerprint density at radius 3 is 2.84 bits per heavy atom. The lowest BCUT2D eigenvalue weighted by atomic mass is 9.82. The molecule has 9 heteroatoms. The van der Waals surface area contributed by atoms with Crippen molar-refractivity contribution in [2.24, 2.45) is 0 Å². The van der Waals surface area contributed by atoms with E-state index in [1.807, 2.05) is 4.90 Å². The number of rotatable bonds is 3. The summed E-state index contributed by atoms with van der Waals surface area (Å²) in [6.45, 7) is 2.09. The number of nitrogens with one attached hydrogen (secondary N) is 1. The second-order valence-corrected chi connectivity index (χ2v) is 7.13. The minimum atomic E-state index is -0.165. The van der Waals surface area contributed by atoms with Crippen LogP contribution < -0.4 is 5.32 Å². The zero-order valence-corrected chi connectivity index (χ0v) is 14.6. The van der Waals surface area contributed by atoms with E-state index in [2.05, 4.69) is 24.9 Å². The average molecular weight is 360 g/mol. The quantitative estimate of drug-likeness (QED) is 0.888. The van der Waals surface area contributed by atoms with Crippen molar-refractivity contribution in [2.75, 3.05) is 25.0 Å². The maximum atomic E-state index is 12.4. The lowest BCUT2D eigenvalue weighted by molar-refractivity contribution is -0.110. The van der Waals surface area contributed by atoms with Gasteiger partial charge in [-0.2, -0.15) is 0 Å². The van der Waals surface area contributed by atoms with E-state index >= 15 is 0 Å². The van der Waals surface area contributed by atoms with Gasteiger partial charge in [-0.3, -0.25) is 4.79 Å². The van der Waals surface area contributed by atoms with Gasteiger partial charge in [0.1, 0.15) is 0 Å². The first kappa shape index (κ1) is 16.3. The minimum absolute atomic E-state index is 0.0354. The number of anilines is 1. The molecular formula is C16H20N6O2S. The summed E-state index contributed by atoms with van der Waals surface area (Å²) in [5.74, 6) is 0.625. The predicted molar refractivity (Wildman–Crippen MR) is 92.4 cm³/mol. The topological polar surface area (TPSA) is 93.1 Å². The van der Waals surface area contributed by atoms with Crippen molar-refractivity contribution in [3.05, 3.63) is 29.5 Å². The van der Waals surface area contributed by atoms with Crippen LogP contribution in [0.5, 0.6) is 0 Å². The van der Waals surface area contributed by atoms with E-state index in [0.717, 1.165) is 25.7 Å². The van der Waals surface area contributed by atoms with Crippen molar-refractivity contribution in [3.63, 3.8) is 0 Å². The molecule has 2 aromatic heterocycles. The molecule has 25 heavy (non-hydrogen) atoms. The summed E-state index contributed by atoms with van der Waals surface area (Å²) >= 11 is 1.20. The molecule has 1 unspecified atom stereocenters. The molecule has 1 N–H and O–H groups in total. The first-order chi connectivity index (χ1) is 12.2. The molecule has 1 spiro atoms. The molecule has 2 aromatic rings. The fraction of sp³-hybridized carbons (Fsp3) is 0.562. The van der Waals surface area contributed by atoms with Crippen molar-refractivity contribution < 1.29 is 9.53 Å². The van der Waals surface area contributed by atoms with Crippen LogP contribution in [0.25, 0.3) is 0 Å². The molecule has 0 radical (unpaired) electrons. The Labute approximate surface area is 149 Å². The monoisotopic (exact) mass is 360 g/mol. The Bertz CT molecular complexity index is 703. The fourth-order valence-corrected chi connectivity index (χ4v) is 4.02. The summed E-state index contributed by atoms with van der Waals surface area (Å²) in [6, 6.07) is 2.10. The van der Waals surface area contributed by atoms with Gasteiger partial charge in [0.2, 0.25) is 5.95 Å². The van der Waals surface area contributed by atoms with Crippen LogP contribution in [0.3, 0.4) is 0 Å². The van der Waals surface area contributed by atoms with E-state index < -0.39 is 0 Å². The highest BCUT2D eigenvalue weighted by Gasteiger charge is 2.41. The molecule has 0 aromatic carbocycles. The standard InChI is InChI=1S/C16H20N6O2S/c23-14(13-11-25-21-20-13)22-7-3-16(4-8-22)10-12(2-9-24-16)19-15-17-5-1-6-18-15/h1,5-6,11-12H,2-4,7-10H2,(H,17,18,19). The number of piperidine rings is 1. The summed E-state index contributed by atoms with van der Waals surface area (Å²) in [5.41, 5.74) is 0.271. The molecule has 2 fully saturated rings. The second kappa shape index (κ2) is 7.01. The third-order valence-electron chi connectivity index (χ3n) is 4.93. The summed E-state index contributed by atoms with van der Waals surface area (Å²) in [4.78, 5) is 22.7. The second-order valence-electron chi connectivity index (χ2n) is 6.52. The molecule has 0 bridgehead atoms. The number of carbonyl (C=O) groups is 1. The highest BCUT2D eigenvalue weighted by atomic mass is 32.1. The minimum Gasteiger partial charge on any atom is -0.375 e. The van der Waals surface area contributed by atoms with Gasteiger partial charge >= 0.3 is 0 Å². The van der Waals surface area contributed by atoms with Crippen LogP contribution in [0.15, 0.2) is 23.8 Å². The van der Waals surface area contributed by atoms with Gasteiger partial charge in [-0.1, -0.05) is 4.49 Å². The number of hydrogen-bond donors (Lipinski definition) is 1. The number of aromatic nitrogens is 4. The number of nitrogens with zero attached hydrogens (tertiary/aromatic N) is 5. The maximum absolute atomic E-state index is 12.4. The van der Waals surface area contributed by atoms with Crippen LogP contribution in [0.4, 0.5) is 5.95 Å². The van der Waals surface area contributed by atoms with E-state index in [-0.39, 0.29) is 11.5 Å². The van der Waals surface area contributed by atoms with Gasteiger partial charge in [0.05, 0.1) is 5.60 Å². The number of carbonyl (C=O) groups excluding carboxylic acids is 1. The molecule has 132 valence electrons. The number of likely N-dealkylation sites (tertiary alicyclic amines) is 1. The van der Waals surface area contributed by atoms with Crippen molar-refractivity contribution in [1.29, 1.82) is 0 Å². The highest BCUT2D eigenvalue weighted by Crippen LogP contribution is 2.36. The highest BCUT2D eigenvalue weighted by molar-refractivity contribution is 7.03. The summed E-state index contributed by atoms with van der Waals surface area (Å²) in [7, 11) is 0. The summed E-state index contributed by atoms with van der Waals surface area (Å²) in [6.07, 6.45) is 7.00. The largest absolute Gasteiger partial charge is 0.375 e. The lowest BCUT2D eigenvalue weighted by Gasteiger charge is -2.46. The smallest absolute Gasteiger partial charge is 0.275 e. The van der Waals surface area contributed by atoms with Gasteiger partial charge in [-0.15, -0.1) is 5.10 Å². The molecule has 0 saturated carbocycles. The van der Waals surface area contributed by atoms with Crippen LogP contribution in [-0.4, -0.2) is 61.7 Å². The lowest BCUT2D eigenvalue weighted by Crippen LogP contribution is -2.52. The molecule has 4 rings (SSSR count). The van der Waals surface area contributed by atoms with Crippen LogP contribution >= 0.6 is 11.5 Å². The van der Waals surface area contributed by atoms with E-state index in [9.17, 15) is 4.79 Å². The van der Waals surface area contributed by atoms with Crippen LogP contribution in [-0.2, 0) is 4.74 Å². The Morgan fingerprint density at radius 2 is 2.12 bits per heavy atom. The fourth-order valence-electron chi connectivity index (χ4n) is 3.59. The third-order valence-corrected chi connectivity index (χ3v) is 5.44. The van der Waals surface area contributed by atoms with E-state index in [0.29, 0.717) is 37.4 Å². The third kappa shape index (κ3) is 3.62.